The van der Waals surface area contributed by atoms with Crippen molar-refractivity contribution in [2.24, 2.45) is 0 Å². The third-order valence-corrected chi connectivity index (χ3v) is 13.5. The lowest BCUT2D eigenvalue weighted by molar-refractivity contribution is 0.462. The van der Waals surface area contributed by atoms with Gasteiger partial charge in [-0.05, 0) is 98.2 Å². The topological polar surface area (TPSA) is 34.2 Å². The number of ether oxygens (including phenoxy) is 3. The van der Waals surface area contributed by atoms with E-state index in [0.29, 0.717) is 0 Å². The molecule has 5 heterocycles. The van der Waals surface area contributed by atoms with Gasteiger partial charge in [-0.1, -0.05) is 145 Å². The molecule has 6 heteroatoms. The quantitative estimate of drug-likeness (QED) is 0.166. The molecule has 0 N–H and O–H groups in total. The number of hydrogen-bond acceptors (Lipinski definition) is 5. The third-order valence-electron chi connectivity index (χ3n) is 13.5. The van der Waals surface area contributed by atoms with E-state index < -0.39 is 0 Å². The summed E-state index contributed by atoms with van der Waals surface area (Å²) >= 11 is 0. The van der Waals surface area contributed by atoms with Gasteiger partial charge in [0.25, 0.3) is 6.71 Å². The van der Waals surface area contributed by atoms with Crippen LogP contribution in [0.25, 0.3) is 33.4 Å². The predicted molar refractivity (Wildman–Crippen MR) is 254 cm³/mol. The van der Waals surface area contributed by atoms with Crippen molar-refractivity contribution >= 4 is 57.2 Å². The van der Waals surface area contributed by atoms with Crippen molar-refractivity contribution in [3.05, 3.63) is 163 Å². The van der Waals surface area contributed by atoms with Crippen LogP contribution in [0.3, 0.4) is 0 Å². The Morgan fingerprint density at radius 3 is 1.21 bits per heavy atom. The van der Waals surface area contributed by atoms with Gasteiger partial charge in [-0.15, -0.1) is 0 Å². The molecule has 5 aliphatic heterocycles. The first kappa shape index (κ1) is 35.6. The predicted octanol–water partition coefficient (Wildman–Crippen LogP) is 13.7. The minimum atomic E-state index is -0.161. The SMILES string of the molecule is CC(C)(C)c1ccc2c(c1)Oc1c(-c3ccccc3)cc3c4c1N2c1cc(-c2ccccc2)cc2c1B4c1c(cc(-c4ccccc4)c4c1N2c1ccc(C(C)(C)C)cc1O4)O3. The third kappa shape index (κ3) is 4.86. The van der Waals surface area contributed by atoms with E-state index in [0.717, 1.165) is 113 Å². The van der Waals surface area contributed by atoms with E-state index in [4.69, 9.17) is 14.2 Å². The molecule has 62 heavy (non-hydrogen) atoms. The largest absolute Gasteiger partial charge is 0.458 e. The zero-order chi connectivity index (χ0) is 41.8. The summed E-state index contributed by atoms with van der Waals surface area (Å²) < 4.78 is 21.9. The summed E-state index contributed by atoms with van der Waals surface area (Å²) in [7, 11) is 0. The Hall–Kier alpha value is -7.18. The monoisotopic (exact) mass is 802 g/mol. The summed E-state index contributed by atoms with van der Waals surface area (Å²) in [5, 5.41) is 0. The van der Waals surface area contributed by atoms with Crippen molar-refractivity contribution < 1.29 is 14.2 Å². The highest BCUT2D eigenvalue weighted by Crippen LogP contribution is 2.62. The van der Waals surface area contributed by atoms with Crippen molar-refractivity contribution in [2.75, 3.05) is 9.80 Å². The first-order chi connectivity index (χ1) is 30.0. The number of hydrogen-bond donors (Lipinski definition) is 0. The van der Waals surface area contributed by atoms with Gasteiger partial charge < -0.3 is 24.0 Å². The highest BCUT2D eigenvalue weighted by Gasteiger charge is 2.54. The highest BCUT2D eigenvalue weighted by atomic mass is 16.5. The molecule has 0 saturated heterocycles. The fourth-order valence-corrected chi connectivity index (χ4v) is 10.4. The molecular weight excluding hydrogens is 759 g/mol. The summed E-state index contributed by atoms with van der Waals surface area (Å²) in [5.74, 6) is 5.04. The van der Waals surface area contributed by atoms with Crippen LogP contribution in [0, 0.1) is 0 Å². The zero-order valence-corrected chi connectivity index (χ0v) is 35.6. The van der Waals surface area contributed by atoms with Crippen molar-refractivity contribution in [3.63, 3.8) is 0 Å². The summed E-state index contributed by atoms with van der Waals surface area (Å²) in [6.07, 6.45) is 0. The fourth-order valence-electron chi connectivity index (χ4n) is 10.4. The van der Waals surface area contributed by atoms with Gasteiger partial charge in [0.2, 0.25) is 0 Å². The average Bonchev–Trinajstić information content (AvgIpc) is 3.28. The molecule has 0 radical (unpaired) electrons. The van der Waals surface area contributed by atoms with Crippen LogP contribution in [-0.4, -0.2) is 6.71 Å². The van der Waals surface area contributed by atoms with Crippen LogP contribution in [0.1, 0.15) is 52.7 Å². The minimum Gasteiger partial charge on any atom is -0.458 e. The van der Waals surface area contributed by atoms with Gasteiger partial charge in [-0.25, -0.2) is 0 Å². The highest BCUT2D eigenvalue weighted by molar-refractivity contribution is 7.02. The molecule has 0 saturated carbocycles. The lowest BCUT2D eigenvalue weighted by Crippen LogP contribution is -2.63. The number of benzene rings is 8. The van der Waals surface area contributed by atoms with Crippen LogP contribution in [0.2, 0.25) is 0 Å². The van der Waals surface area contributed by atoms with Crippen LogP contribution < -0.4 is 40.4 Å². The maximum Gasteiger partial charge on any atom is 0.262 e. The molecule has 0 fully saturated rings. The molecule has 0 bridgehead atoms. The molecule has 298 valence electrons. The lowest BCUT2D eigenvalue weighted by Gasteiger charge is -2.50. The minimum absolute atomic E-state index is 0.0724. The number of rotatable bonds is 3. The Kier molecular flexibility index (Phi) is 7.02. The second-order valence-electron chi connectivity index (χ2n) is 19.3. The lowest BCUT2D eigenvalue weighted by atomic mass is 9.32. The standard InChI is InChI=1S/C56H43BN2O3/c1-55(2,3)36-22-24-40-44(28-36)61-53-38(33-18-12-8-13-19-33)30-46-49-51(53)58(40)42-26-35(32-16-10-7-11-17-32)27-43-48(42)57(49)50-47(60-46)31-39(34-20-14-9-15-21-34)54-52(50)59(43)41-25-23-37(56(4,5)6)29-45(41)62-54/h7-31H,1-6H3. The van der Waals surface area contributed by atoms with E-state index in [1.54, 1.807) is 0 Å². The van der Waals surface area contributed by atoms with Crippen LogP contribution in [0.15, 0.2) is 152 Å². The normalized spacial score (nSPS) is 14.3. The maximum absolute atomic E-state index is 7.35. The molecule has 0 spiro atoms. The van der Waals surface area contributed by atoms with Crippen molar-refractivity contribution in [1.29, 1.82) is 0 Å². The van der Waals surface area contributed by atoms with E-state index in [2.05, 4.69) is 203 Å². The average molecular weight is 803 g/mol. The Labute approximate surface area is 362 Å². The van der Waals surface area contributed by atoms with Gasteiger partial charge in [0.05, 0.1) is 22.7 Å². The summed E-state index contributed by atoms with van der Waals surface area (Å²) in [5.41, 5.74) is 18.5. The Bertz CT molecular complexity index is 3050. The smallest absolute Gasteiger partial charge is 0.262 e. The van der Waals surface area contributed by atoms with E-state index >= 15 is 0 Å². The fraction of sp³-hybridized carbons (Fsp3) is 0.143. The van der Waals surface area contributed by atoms with Crippen LogP contribution in [0.5, 0.6) is 34.5 Å². The molecular formula is C56H43BN2O3. The zero-order valence-electron chi connectivity index (χ0n) is 35.6. The number of anilines is 6. The molecule has 5 aliphatic rings. The van der Waals surface area contributed by atoms with Gasteiger partial charge in [0.1, 0.15) is 11.5 Å². The number of fused-ring (bicyclic) bond motifs is 6. The summed E-state index contributed by atoms with van der Waals surface area (Å²) in [4.78, 5) is 4.96. The number of nitrogens with zero attached hydrogens (tertiary/aromatic N) is 2. The first-order valence-corrected chi connectivity index (χ1v) is 21.7. The molecule has 0 atom stereocenters. The van der Waals surface area contributed by atoms with E-state index in [9.17, 15) is 0 Å². The first-order valence-electron chi connectivity index (χ1n) is 21.7. The molecule has 8 aromatic rings. The van der Waals surface area contributed by atoms with E-state index in [1.807, 2.05) is 0 Å². The molecule has 13 rings (SSSR count). The summed E-state index contributed by atoms with van der Waals surface area (Å²) in [6.45, 7) is 13.4. The van der Waals surface area contributed by atoms with Crippen molar-refractivity contribution in [3.8, 4) is 67.9 Å². The van der Waals surface area contributed by atoms with Crippen LogP contribution in [0.4, 0.5) is 34.1 Å². The van der Waals surface area contributed by atoms with Gasteiger partial charge >= 0.3 is 0 Å². The van der Waals surface area contributed by atoms with Crippen LogP contribution in [-0.2, 0) is 10.8 Å². The van der Waals surface area contributed by atoms with Gasteiger partial charge in [0, 0.05) is 33.4 Å². The van der Waals surface area contributed by atoms with E-state index in [-0.39, 0.29) is 17.5 Å². The van der Waals surface area contributed by atoms with Gasteiger partial charge in [-0.2, -0.15) is 0 Å². The Morgan fingerprint density at radius 2 is 0.790 bits per heavy atom. The molecule has 8 aromatic carbocycles. The molecule has 0 unspecified atom stereocenters. The molecule has 0 aliphatic carbocycles. The summed E-state index contributed by atoms with van der Waals surface area (Å²) in [6, 6.07) is 54.8. The Morgan fingerprint density at radius 1 is 0.371 bits per heavy atom. The van der Waals surface area contributed by atoms with E-state index in [1.165, 1.54) is 16.6 Å². The van der Waals surface area contributed by atoms with Crippen molar-refractivity contribution in [2.45, 2.75) is 52.4 Å². The molecule has 5 nitrogen and oxygen atoms in total. The second-order valence-corrected chi connectivity index (χ2v) is 19.3. The second kappa shape index (κ2) is 12.2. The Balaban J connectivity index is 1.19. The van der Waals surface area contributed by atoms with Crippen LogP contribution >= 0.6 is 0 Å². The molecule has 0 aromatic heterocycles. The van der Waals surface area contributed by atoms with Gasteiger partial charge in [-0.3, -0.25) is 0 Å². The van der Waals surface area contributed by atoms with Crippen molar-refractivity contribution in [1.82, 2.24) is 0 Å². The maximum atomic E-state index is 7.35. The van der Waals surface area contributed by atoms with Gasteiger partial charge in [0.15, 0.2) is 23.0 Å². The molecule has 0 amide bonds.